The van der Waals surface area contributed by atoms with Crippen LogP contribution < -0.4 is 10.2 Å². The molecule has 0 radical (unpaired) electrons. The monoisotopic (exact) mass is 285 g/mol. The number of amides is 1. The van der Waals surface area contributed by atoms with Crippen LogP contribution in [0.4, 0.5) is 18.9 Å². The smallest absolute Gasteiger partial charge is 0.374 e. The summed E-state index contributed by atoms with van der Waals surface area (Å²) in [5.41, 5.74) is -0.927. The van der Waals surface area contributed by atoms with Gasteiger partial charge in [-0.05, 0) is 18.2 Å². The van der Waals surface area contributed by atoms with Crippen LogP contribution in [0.15, 0.2) is 18.2 Å². The maximum atomic E-state index is 12.7. The van der Waals surface area contributed by atoms with Gasteiger partial charge in [-0.25, -0.2) is 0 Å². The van der Waals surface area contributed by atoms with E-state index in [4.69, 9.17) is 5.26 Å². The zero-order valence-corrected chi connectivity index (χ0v) is 11.1. The Labute approximate surface area is 114 Å². The molecule has 0 atom stereocenters. The van der Waals surface area contributed by atoms with E-state index >= 15 is 0 Å². The lowest BCUT2D eigenvalue weighted by Crippen LogP contribution is -2.26. The van der Waals surface area contributed by atoms with E-state index in [9.17, 15) is 18.0 Å². The van der Waals surface area contributed by atoms with Crippen LogP contribution in [0.2, 0.25) is 0 Å². The molecule has 0 spiro atoms. The van der Waals surface area contributed by atoms with Crippen LogP contribution >= 0.6 is 0 Å². The fourth-order valence-electron chi connectivity index (χ4n) is 1.63. The van der Waals surface area contributed by atoms with E-state index in [1.807, 2.05) is 0 Å². The average Bonchev–Trinajstić information content (AvgIpc) is 2.42. The second-order valence-electron chi connectivity index (χ2n) is 4.18. The van der Waals surface area contributed by atoms with Crippen molar-refractivity contribution < 1.29 is 18.0 Å². The molecule has 0 bridgehead atoms. The van der Waals surface area contributed by atoms with Crippen molar-refractivity contribution >= 4 is 11.6 Å². The Morgan fingerprint density at radius 3 is 2.60 bits per heavy atom. The Morgan fingerprint density at radius 2 is 2.10 bits per heavy atom. The highest BCUT2D eigenvalue weighted by atomic mass is 19.4. The summed E-state index contributed by atoms with van der Waals surface area (Å²) in [7, 11) is 3.15. The second kappa shape index (κ2) is 6.28. The van der Waals surface area contributed by atoms with Crippen molar-refractivity contribution in [2.24, 2.45) is 0 Å². The third-order valence-electron chi connectivity index (χ3n) is 2.82. The largest absolute Gasteiger partial charge is 0.417 e. The number of nitrogens with zero attached hydrogens (tertiary/aromatic N) is 2. The maximum Gasteiger partial charge on any atom is 0.417 e. The first-order chi connectivity index (χ1) is 9.29. The van der Waals surface area contributed by atoms with E-state index in [1.165, 1.54) is 19.2 Å². The normalized spacial score (nSPS) is 10.8. The van der Waals surface area contributed by atoms with E-state index in [-0.39, 0.29) is 12.3 Å². The van der Waals surface area contributed by atoms with Gasteiger partial charge in [0.15, 0.2) is 0 Å². The molecule has 0 aliphatic heterocycles. The first-order valence-electron chi connectivity index (χ1n) is 5.82. The minimum Gasteiger partial charge on any atom is -0.374 e. The van der Waals surface area contributed by atoms with Crippen LogP contribution in [0.1, 0.15) is 17.5 Å². The predicted molar refractivity (Wildman–Crippen MR) is 68.1 cm³/mol. The topological polar surface area (TPSA) is 56.1 Å². The lowest BCUT2D eigenvalue weighted by Gasteiger charge is -2.20. The van der Waals surface area contributed by atoms with E-state index in [0.29, 0.717) is 12.2 Å². The van der Waals surface area contributed by atoms with Crippen LogP contribution in [-0.2, 0) is 11.0 Å². The van der Waals surface area contributed by atoms with Crippen LogP contribution in [-0.4, -0.2) is 26.5 Å². The molecule has 0 aliphatic carbocycles. The first kappa shape index (κ1) is 15.8. The Hall–Kier alpha value is -2.23. The molecule has 1 aromatic rings. The number of nitriles is 1. The first-order valence-corrected chi connectivity index (χ1v) is 5.82. The van der Waals surface area contributed by atoms with Gasteiger partial charge in [0, 0.05) is 32.7 Å². The van der Waals surface area contributed by atoms with Crippen LogP contribution in [0.25, 0.3) is 0 Å². The summed E-state index contributed by atoms with van der Waals surface area (Å²) < 4.78 is 38.0. The highest BCUT2D eigenvalue weighted by molar-refractivity contribution is 5.76. The van der Waals surface area contributed by atoms with Crippen LogP contribution in [0.5, 0.6) is 0 Å². The van der Waals surface area contributed by atoms with Crippen LogP contribution in [0, 0.1) is 11.3 Å². The lowest BCUT2D eigenvalue weighted by atomic mass is 10.1. The molecule has 0 aliphatic rings. The van der Waals surface area contributed by atoms with Crippen LogP contribution in [0.3, 0.4) is 0 Å². The molecule has 0 saturated heterocycles. The molecular formula is C13H14F3N3O. The number of hydrogen-bond acceptors (Lipinski definition) is 3. The van der Waals surface area contributed by atoms with Crippen molar-refractivity contribution in [1.29, 1.82) is 5.26 Å². The summed E-state index contributed by atoms with van der Waals surface area (Å²) in [6, 6.07) is 4.89. The molecule has 20 heavy (non-hydrogen) atoms. The van der Waals surface area contributed by atoms with E-state index in [0.717, 1.165) is 6.07 Å². The third kappa shape index (κ3) is 3.88. The Bertz CT molecular complexity index is 535. The molecule has 7 heteroatoms. The van der Waals surface area contributed by atoms with Gasteiger partial charge in [0.1, 0.15) is 0 Å². The quantitative estimate of drug-likeness (QED) is 0.922. The average molecular weight is 285 g/mol. The Kier molecular flexibility index (Phi) is 4.97. The fourth-order valence-corrected chi connectivity index (χ4v) is 1.63. The summed E-state index contributed by atoms with van der Waals surface area (Å²) >= 11 is 0. The molecule has 1 N–H and O–H groups in total. The van der Waals surface area contributed by atoms with Gasteiger partial charge in [-0.1, -0.05) is 0 Å². The van der Waals surface area contributed by atoms with Crippen molar-refractivity contribution in [1.82, 2.24) is 5.32 Å². The van der Waals surface area contributed by atoms with Gasteiger partial charge in [-0.2, -0.15) is 18.4 Å². The highest BCUT2D eigenvalue weighted by Crippen LogP contribution is 2.33. The SMILES string of the molecule is CNC(=O)CCN(C)c1ccc(C(F)(F)F)c(C#N)c1. The molecule has 0 fully saturated rings. The zero-order chi connectivity index (χ0) is 15.3. The molecule has 108 valence electrons. The Balaban J connectivity index is 2.93. The summed E-state index contributed by atoms with van der Waals surface area (Å²) in [6.07, 6.45) is -4.33. The second-order valence-corrected chi connectivity index (χ2v) is 4.18. The van der Waals surface area contributed by atoms with Gasteiger partial charge in [0.25, 0.3) is 0 Å². The minimum absolute atomic E-state index is 0.163. The number of hydrogen-bond donors (Lipinski definition) is 1. The lowest BCUT2D eigenvalue weighted by molar-refractivity contribution is -0.137. The number of benzene rings is 1. The van der Waals surface area contributed by atoms with Gasteiger partial charge >= 0.3 is 6.18 Å². The van der Waals surface area contributed by atoms with Gasteiger partial charge < -0.3 is 10.2 Å². The van der Waals surface area contributed by atoms with Gasteiger partial charge in [0.05, 0.1) is 17.2 Å². The van der Waals surface area contributed by atoms with E-state index < -0.39 is 17.3 Å². The summed E-state index contributed by atoms with van der Waals surface area (Å²) in [4.78, 5) is 12.7. The maximum absolute atomic E-state index is 12.7. The minimum atomic E-state index is -4.55. The number of anilines is 1. The number of carbonyl (C=O) groups excluding carboxylic acids is 1. The van der Waals surface area contributed by atoms with Crippen molar-refractivity contribution in [2.75, 3.05) is 25.5 Å². The molecule has 1 aromatic carbocycles. The molecule has 4 nitrogen and oxygen atoms in total. The summed E-state index contributed by atoms with van der Waals surface area (Å²) in [5.74, 6) is -0.163. The van der Waals surface area contributed by atoms with Gasteiger partial charge in [0.2, 0.25) is 5.91 Å². The molecule has 0 heterocycles. The molecular weight excluding hydrogens is 271 g/mol. The fraction of sp³-hybridized carbons (Fsp3) is 0.385. The Morgan fingerprint density at radius 1 is 1.45 bits per heavy atom. The molecule has 1 rings (SSSR count). The summed E-state index contributed by atoms with van der Waals surface area (Å²) in [5, 5.41) is 11.3. The standard InChI is InChI=1S/C13H14F3N3O/c1-18-12(20)5-6-19(2)10-3-4-11(13(14,15)16)9(7-10)8-17/h3-4,7H,5-6H2,1-2H3,(H,18,20). The zero-order valence-electron chi connectivity index (χ0n) is 11.1. The molecule has 0 saturated carbocycles. The predicted octanol–water partition coefficient (Wildman–Crippen LogP) is 2.15. The number of carbonyl (C=O) groups is 1. The van der Waals surface area contributed by atoms with E-state index in [1.54, 1.807) is 18.0 Å². The number of rotatable bonds is 4. The molecule has 0 unspecified atom stereocenters. The number of halogens is 3. The van der Waals surface area contributed by atoms with E-state index in [2.05, 4.69) is 5.32 Å². The van der Waals surface area contributed by atoms with Crippen molar-refractivity contribution in [3.05, 3.63) is 29.3 Å². The van der Waals surface area contributed by atoms with Gasteiger partial charge in [-0.15, -0.1) is 0 Å². The van der Waals surface area contributed by atoms with Crippen molar-refractivity contribution in [2.45, 2.75) is 12.6 Å². The van der Waals surface area contributed by atoms with Crippen molar-refractivity contribution in [3.63, 3.8) is 0 Å². The van der Waals surface area contributed by atoms with Crippen molar-refractivity contribution in [3.8, 4) is 6.07 Å². The number of nitrogens with one attached hydrogen (secondary N) is 1. The van der Waals surface area contributed by atoms with Gasteiger partial charge in [-0.3, -0.25) is 4.79 Å². The third-order valence-corrected chi connectivity index (χ3v) is 2.82. The highest BCUT2D eigenvalue weighted by Gasteiger charge is 2.33. The summed E-state index contributed by atoms with van der Waals surface area (Å²) in [6.45, 7) is 0.343. The molecule has 0 aromatic heterocycles. The molecule has 1 amide bonds. The number of alkyl halides is 3.